The number of rotatable bonds is 6. The summed E-state index contributed by atoms with van der Waals surface area (Å²) in [5.74, 6) is -0.252. The Hall–Kier alpha value is -4.12. The second-order valence-electron chi connectivity index (χ2n) is 8.34. The van der Waals surface area contributed by atoms with E-state index in [-0.39, 0.29) is 11.4 Å². The van der Waals surface area contributed by atoms with Crippen molar-refractivity contribution in [2.75, 3.05) is 12.0 Å². The lowest BCUT2D eigenvalue weighted by Gasteiger charge is -2.22. The molecule has 0 N–H and O–H groups in total. The molecule has 0 aromatic heterocycles. The number of anilines is 1. The van der Waals surface area contributed by atoms with Crippen molar-refractivity contribution in [3.05, 3.63) is 112 Å². The van der Waals surface area contributed by atoms with Gasteiger partial charge in [0, 0.05) is 11.4 Å². The van der Waals surface area contributed by atoms with E-state index in [9.17, 15) is 9.59 Å². The highest BCUT2D eigenvalue weighted by atomic mass is 16.5. The lowest BCUT2D eigenvalue weighted by atomic mass is 10.1. The molecule has 1 heterocycles. The smallest absolute Gasteiger partial charge is 0.343 e. The summed E-state index contributed by atoms with van der Waals surface area (Å²) >= 11 is 0. The van der Waals surface area contributed by atoms with E-state index in [1.807, 2.05) is 85.5 Å². The Morgan fingerprint density at radius 1 is 0.912 bits per heavy atom. The van der Waals surface area contributed by atoms with Crippen molar-refractivity contribution in [1.82, 2.24) is 0 Å². The number of methoxy groups -OCH3 is 1. The number of ether oxygens (including phenoxy) is 2. The lowest BCUT2D eigenvalue weighted by Crippen LogP contribution is -2.18. The van der Waals surface area contributed by atoms with Gasteiger partial charge >= 0.3 is 5.97 Å². The van der Waals surface area contributed by atoms with Crippen LogP contribution in [0.1, 0.15) is 29.2 Å². The molecule has 0 radical (unpaired) electrons. The number of carbonyl (C=O) groups is 2. The lowest BCUT2D eigenvalue weighted by molar-refractivity contribution is -0.137. The number of ketones is 1. The average molecular weight is 454 g/mol. The monoisotopic (exact) mass is 453 g/mol. The molecule has 0 amide bonds. The fraction of sp³-hybridized carbons (Fsp3) is 0.172. The summed E-state index contributed by atoms with van der Waals surface area (Å²) in [6.07, 6.45) is 1.79. The first-order chi connectivity index (χ1) is 16.4. The van der Waals surface area contributed by atoms with E-state index in [0.717, 1.165) is 33.7 Å². The zero-order chi connectivity index (χ0) is 24.2. The molecule has 3 aromatic carbocycles. The molecule has 1 aliphatic heterocycles. The van der Waals surface area contributed by atoms with Gasteiger partial charge in [0.25, 0.3) is 0 Å². The van der Waals surface area contributed by atoms with Gasteiger partial charge in [-0.2, -0.15) is 0 Å². The Balaban J connectivity index is 1.66. The Morgan fingerprint density at radius 2 is 1.56 bits per heavy atom. The van der Waals surface area contributed by atoms with Crippen LogP contribution in [0.2, 0.25) is 0 Å². The number of benzene rings is 3. The predicted octanol–water partition coefficient (Wildman–Crippen LogP) is 5.76. The molecule has 3 aromatic rings. The SMILES string of the molecule is COC(=O)C1=C(C)N(c2cc(C)cc(C)c2)/C(=C/c2ccc(OCc3ccccc3)cc2)C1=O. The number of Topliss-reactive ketones (excluding diaryl/α,β-unsaturated/α-hetero) is 1. The van der Waals surface area contributed by atoms with Gasteiger partial charge in [-0.3, -0.25) is 4.79 Å². The van der Waals surface area contributed by atoms with Crippen LogP contribution < -0.4 is 9.64 Å². The summed E-state index contributed by atoms with van der Waals surface area (Å²) in [5, 5.41) is 0. The third-order valence-electron chi connectivity index (χ3n) is 5.68. The number of nitrogens with zero attached hydrogens (tertiary/aromatic N) is 1. The van der Waals surface area contributed by atoms with Gasteiger partial charge in [0.05, 0.1) is 12.8 Å². The number of hydrogen-bond donors (Lipinski definition) is 0. The molecule has 1 aliphatic rings. The van der Waals surface area contributed by atoms with E-state index in [1.165, 1.54) is 7.11 Å². The number of esters is 1. The Labute approximate surface area is 199 Å². The molecule has 5 nitrogen and oxygen atoms in total. The molecule has 0 fully saturated rings. The number of hydrogen-bond acceptors (Lipinski definition) is 5. The van der Waals surface area contributed by atoms with E-state index in [0.29, 0.717) is 18.0 Å². The third-order valence-corrected chi connectivity index (χ3v) is 5.68. The van der Waals surface area contributed by atoms with Gasteiger partial charge in [-0.05, 0) is 73.4 Å². The van der Waals surface area contributed by atoms with Crippen LogP contribution in [0.4, 0.5) is 5.69 Å². The van der Waals surface area contributed by atoms with Crippen LogP contribution in [0.3, 0.4) is 0 Å². The van der Waals surface area contributed by atoms with E-state index in [4.69, 9.17) is 9.47 Å². The van der Waals surface area contributed by atoms with Gasteiger partial charge in [-0.25, -0.2) is 4.79 Å². The highest BCUT2D eigenvalue weighted by Crippen LogP contribution is 2.36. The molecule has 0 unspecified atom stereocenters. The second-order valence-corrected chi connectivity index (χ2v) is 8.34. The predicted molar refractivity (Wildman–Crippen MR) is 133 cm³/mol. The maximum Gasteiger partial charge on any atom is 0.343 e. The summed E-state index contributed by atoms with van der Waals surface area (Å²) in [6.45, 7) is 6.26. The number of allylic oxidation sites excluding steroid dienone is 2. The standard InChI is InChI=1S/C29H27NO4/c1-19-14-20(2)16-24(15-19)30-21(3)27(29(32)33-4)28(31)26(30)17-22-10-12-25(13-11-22)34-18-23-8-6-5-7-9-23/h5-17H,18H2,1-4H3/b26-17+. The van der Waals surface area contributed by atoms with Crippen LogP contribution in [0, 0.1) is 13.8 Å². The Morgan fingerprint density at radius 3 is 2.18 bits per heavy atom. The minimum absolute atomic E-state index is 0.0516. The van der Waals surface area contributed by atoms with Crippen LogP contribution >= 0.6 is 0 Å². The molecule has 0 saturated heterocycles. The van der Waals surface area contributed by atoms with Gasteiger partial charge in [-0.15, -0.1) is 0 Å². The zero-order valence-electron chi connectivity index (χ0n) is 19.8. The molecule has 34 heavy (non-hydrogen) atoms. The number of aryl methyl sites for hydroxylation is 2. The van der Waals surface area contributed by atoms with Gasteiger partial charge < -0.3 is 14.4 Å². The first-order valence-corrected chi connectivity index (χ1v) is 11.1. The largest absolute Gasteiger partial charge is 0.489 e. The van der Waals surface area contributed by atoms with Crippen LogP contribution in [0.5, 0.6) is 5.75 Å². The molecular formula is C29H27NO4. The number of carbonyl (C=O) groups excluding carboxylic acids is 2. The molecule has 0 spiro atoms. The van der Waals surface area contributed by atoms with E-state index < -0.39 is 5.97 Å². The summed E-state index contributed by atoms with van der Waals surface area (Å²) in [6, 6.07) is 23.6. The second kappa shape index (κ2) is 9.79. The maximum atomic E-state index is 13.3. The van der Waals surface area contributed by atoms with Gasteiger partial charge in [-0.1, -0.05) is 48.5 Å². The molecule has 0 atom stereocenters. The molecule has 4 rings (SSSR count). The van der Waals surface area contributed by atoms with E-state index in [1.54, 1.807) is 13.0 Å². The van der Waals surface area contributed by atoms with Crippen molar-refractivity contribution in [2.45, 2.75) is 27.4 Å². The molecule has 0 aliphatic carbocycles. The van der Waals surface area contributed by atoms with Crippen molar-refractivity contribution in [1.29, 1.82) is 0 Å². The zero-order valence-corrected chi connectivity index (χ0v) is 19.8. The summed E-state index contributed by atoms with van der Waals surface area (Å²) in [4.78, 5) is 27.5. The summed E-state index contributed by atoms with van der Waals surface area (Å²) in [5.41, 5.74) is 5.89. The van der Waals surface area contributed by atoms with Crippen LogP contribution in [-0.4, -0.2) is 18.9 Å². The average Bonchev–Trinajstić information content (AvgIpc) is 3.07. The fourth-order valence-electron chi connectivity index (χ4n) is 4.13. The van der Waals surface area contributed by atoms with Crippen LogP contribution in [0.15, 0.2) is 89.8 Å². The molecule has 0 bridgehead atoms. The fourth-order valence-corrected chi connectivity index (χ4v) is 4.13. The summed E-state index contributed by atoms with van der Waals surface area (Å²) in [7, 11) is 1.28. The first kappa shape index (κ1) is 23.1. The minimum Gasteiger partial charge on any atom is -0.489 e. The van der Waals surface area contributed by atoms with Crippen molar-refractivity contribution >= 4 is 23.5 Å². The Bertz CT molecular complexity index is 1270. The highest BCUT2D eigenvalue weighted by molar-refractivity contribution is 6.30. The van der Waals surface area contributed by atoms with Crippen molar-refractivity contribution < 1.29 is 19.1 Å². The van der Waals surface area contributed by atoms with Crippen molar-refractivity contribution in [3.63, 3.8) is 0 Å². The van der Waals surface area contributed by atoms with Crippen LogP contribution in [-0.2, 0) is 20.9 Å². The quantitative estimate of drug-likeness (QED) is 0.270. The van der Waals surface area contributed by atoms with Gasteiger partial charge in [0.1, 0.15) is 17.9 Å². The van der Waals surface area contributed by atoms with Crippen molar-refractivity contribution in [3.8, 4) is 5.75 Å². The first-order valence-electron chi connectivity index (χ1n) is 11.1. The van der Waals surface area contributed by atoms with E-state index >= 15 is 0 Å². The molecule has 5 heteroatoms. The highest BCUT2D eigenvalue weighted by Gasteiger charge is 2.38. The van der Waals surface area contributed by atoms with Crippen molar-refractivity contribution in [2.24, 2.45) is 0 Å². The summed E-state index contributed by atoms with van der Waals surface area (Å²) < 4.78 is 10.8. The molecule has 172 valence electrons. The Kier molecular flexibility index (Phi) is 6.64. The molecular weight excluding hydrogens is 426 g/mol. The maximum absolute atomic E-state index is 13.3. The minimum atomic E-state index is -0.634. The molecule has 0 saturated carbocycles. The van der Waals surface area contributed by atoms with Crippen LogP contribution in [0.25, 0.3) is 6.08 Å². The van der Waals surface area contributed by atoms with Gasteiger partial charge in [0.2, 0.25) is 5.78 Å². The van der Waals surface area contributed by atoms with Gasteiger partial charge in [0.15, 0.2) is 0 Å². The van der Waals surface area contributed by atoms with E-state index in [2.05, 4.69) is 6.07 Å². The normalized spacial score (nSPS) is 14.6. The topological polar surface area (TPSA) is 55.8 Å². The third kappa shape index (κ3) is 4.79.